The van der Waals surface area contributed by atoms with Gasteiger partial charge in [0.25, 0.3) is 0 Å². The lowest BCUT2D eigenvalue weighted by molar-refractivity contribution is -0.118. The molecule has 6 heteroatoms. The summed E-state index contributed by atoms with van der Waals surface area (Å²) in [6.45, 7) is 1.96. The summed E-state index contributed by atoms with van der Waals surface area (Å²) in [5.74, 6) is 0.756. The van der Waals surface area contributed by atoms with Crippen LogP contribution < -0.4 is 5.32 Å². The predicted molar refractivity (Wildman–Crippen MR) is 115 cm³/mol. The van der Waals surface area contributed by atoms with Crippen molar-refractivity contribution in [1.29, 1.82) is 0 Å². The molecule has 0 atom stereocenters. The molecular weight excluding hydrogens is 386 g/mol. The molecule has 0 bridgehead atoms. The van der Waals surface area contributed by atoms with E-state index in [1.54, 1.807) is 12.1 Å². The van der Waals surface area contributed by atoms with Crippen LogP contribution in [0.1, 0.15) is 41.5 Å². The smallest absolute Gasteiger partial charge is 0.172 e. The standard InChI is InChI=1S/C23H22ClN3O2/c1-2-7-19(28)14-22-25-15-20(21(29)13-16-8-6-9-17(24)12-16)23(27-22)26-18-10-4-3-5-11-18/h3-6,8-12,15H,2,7,13-14H2,1H3,(H,25,26,27). The number of halogens is 1. The van der Waals surface area contributed by atoms with Crippen LogP contribution in [-0.2, 0) is 17.6 Å². The first-order valence-corrected chi connectivity index (χ1v) is 9.90. The molecule has 2 aromatic carbocycles. The molecule has 0 aliphatic heterocycles. The van der Waals surface area contributed by atoms with Gasteiger partial charge in [0.2, 0.25) is 0 Å². The third-order valence-electron chi connectivity index (χ3n) is 4.31. The highest BCUT2D eigenvalue weighted by Crippen LogP contribution is 2.21. The Balaban J connectivity index is 1.89. The highest BCUT2D eigenvalue weighted by molar-refractivity contribution is 6.30. The zero-order chi connectivity index (χ0) is 20.6. The maximum absolute atomic E-state index is 12.9. The van der Waals surface area contributed by atoms with Crippen LogP contribution in [0.5, 0.6) is 0 Å². The van der Waals surface area contributed by atoms with Gasteiger partial charge in [-0.25, -0.2) is 9.97 Å². The van der Waals surface area contributed by atoms with E-state index >= 15 is 0 Å². The van der Waals surface area contributed by atoms with Crippen LogP contribution in [0, 0.1) is 0 Å². The third-order valence-corrected chi connectivity index (χ3v) is 4.55. The number of Topliss-reactive ketones (excluding diaryl/α,β-unsaturated/α-hetero) is 2. The highest BCUT2D eigenvalue weighted by atomic mass is 35.5. The lowest BCUT2D eigenvalue weighted by atomic mass is 10.0. The molecule has 1 aromatic heterocycles. The Hall–Kier alpha value is -3.05. The number of para-hydroxylation sites is 1. The number of carbonyl (C=O) groups excluding carboxylic acids is 2. The van der Waals surface area contributed by atoms with Crippen LogP contribution in [0.2, 0.25) is 5.02 Å². The van der Waals surface area contributed by atoms with Gasteiger partial charge in [0.15, 0.2) is 5.78 Å². The Morgan fingerprint density at radius 1 is 1.03 bits per heavy atom. The Kier molecular flexibility index (Phi) is 7.09. The largest absolute Gasteiger partial charge is 0.340 e. The molecular formula is C23H22ClN3O2. The first-order valence-electron chi connectivity index (χ1n) is 9.52. The fraction of sp³-hybridized carbons (Fsp3) is 0.217. The number of aromatic nitrogens is 2. The second kappa shape index (κ2) is 9.94. The number of rotatable bonds is 9. The Labute approximate surface area is 175 Å². The number of hydrogen-bond donors (Lipinski definition) is 1. The van der Waals surface area contributed by atoms with Crippen LogP contribution in [0.4, 0.5) is 11.5 Å². The molecule has 3 rings (SSSR count). The fourth-order valence-corrected chi connectivity index (χ4v) is 3.15. The Morgan fingerprint density at radius 3 is 2.55 bits per heavy atom. The first kappa shape index (κ1) is 20.7. The van der Waals surface area contributed by atoms with Crippen LogP contribution in [0.15, 0.2) is 60.8 Å². The average molecular weight is 408 g/mol. The van der Waals surface area contributed by atoms with Gasteiger partial charge in [0.1, 0.15) is 17.4 Å². The van der Waals surface area contributed by atoms with Crippen molar-refractivity contribution in [2.24, 2.45) is 0 Å². The van der Waals surface area contributed by atoms with Crippen molar-refractivity contribution in [3.05, 3.63) is 82.8 Å². The fourth-order valence-electron chi connectivity index (χ4n) is 2.93. The summed E-state index contributed by atoms with van der Waals surface area (Å²) in [5, 5.41) is 3.77. The molecule has 3 aromatic rings. The molecule has 0 spiro atoms. The predicted octanol–water partition coefficient (Wildman–Crippen LogP) is 5.21. The van der Waals surface area contributed by atoms with Crippen molar-refractivity contribution in [3.63, 3.8) is 0 Å². The molecule has 0 amide bonds. The lowest BCUT2D eigenvalue weighted by Crippen LogP contribution is -2.13. The number of anilines is 2. The van der Waals surface area contributed by atoms with Gasteiger partial charge in [-0.1, -0.05) is 48.9 Å². The van der Waals surface area contributed by atoms with E-state index in [0.717, 1.165) is 17.7 Å². The second-order valence-electron chi connectivity index (χ2n) is 6.73. The van der Waals surface area contributed by atoms with E-state index < -0.39 is 0 Å². The molecule has 0 saturated heterocycles. The van der Waals surface area contributed by atoms with Gasteiger partial charge in [-0.2, -0.15) is 0 Å². The van der Waals surface area contributed by atoms with Crippen molar-refractivity contribution in [3.8, 4) is 0 Å². The summed E-state index contributed by atoms with van der Waals surface area (Å²) < 4.78 is 0. The summed E-state index contributed by atoms with van der Waals surface area (Å²) >= 11 is 6.03. The molecule has 0 fully saturated rings. The summed E-state index contributed by atoms with van der Waals surface area (Å²) in [6.07, 6.45) is 3.10. The van der Waals surface area contributed by atoms with E-state index in [-0.39, 0.29) is 24.4 Å². The highest BCUT2D eigenvalue weighted by Gasteiger charge is 2.17. The molecule has 0 aliphatic carbocycles. The summed E-state index contributed by atoms with van der Waals surface area (Å²) in [4.78, 5) is 33.7. The number of benzene rings is 2. The van der Waals surface area contributed by atoms with Gasteiger partial charge >= 0.3 is 0 Å². The van der Waals surface area contributed by atoms with Crippen molar-refractivity contribution in [1.82, 2.24) is 9.97 Å². The molecule has 0 radical (unpaired) electrons. The van der Waals surface area contributed by atoms with Crippen LogP contribution in [-0.4, -0.2) is 21.5 Å². The van der Waals surface area contributed by atoms with Crippen LogP contribution in [0.3, 0.4) is 0 Å². The van der Waals surface area contributed by atoms with Crippen molar-refractivity contribution in [2.45, 2.75) is 32.6 Å². The average Bonchev–Trinajstić information content (AvgIpc) is 2.69. The number of carbonyl (C=O) groups is 2. The van der Waals surface area contributed by atoms with Gasteiger partial charge in [-0.3, -0.25) is 9.59 Å². The third kappa shape index (κ3) is 5.96. The van der Waals surface area contributed by atoms with E-state index in [0.29, 0.717) is 28.6 Å². The van der Waals surface area contributed by atoms with Gasteiger partial charge in [-0.15, -0.1) is 0 Å². The Morgan fingerprint density at radius 2 is 1.83 bits per heavy atom. The van der Waals surface area contributed by atoms with Crippen molar-refractivity contribution < 1.29 is 9.59 Å². The maximum Gasteiger partial charge on any atom is 0.172 e. The van der Waals surface area contributed by atoms with E-state index in [9.17, 15) is 9.59 Å². The van der Waals surface area contributed by atoms with Gasteiger partial charge in [0.05, 0.1) is 12.0 Å². The van der Waals surface area contributed by atoms with Gasteiger partial charge in [0, 0.05) is 29.7 Å². The van der Waals surface area contributed by atoms with Crippen LogP contribution >= 0.6 is 11.6 Å². The zero-order valence-corrected chi connectivity index (χ0v) is 16.9. The number of nitrogens with one attached hydrogen (secondary N) is 1. The molecule has 148 valence electrons. The minimum Gasteiger partial charge on any atom is -0.340 e. The minimum atomic E-state index is -0.128. The number of ketones is 2. The number of hydrogen-bond acceptors (Lipinski definition) is 5. The minimum absolute atomic E-state index is 0.0798. The SMILES string of the molecule is CCCC(=O)Cc1ncc(C(=O)Cc2cccc(Cl)c2)c(Nc2ccccc2)n1. The summed E-state index contributed by atoms with van der Waals surface area (Å²) in [6, 6.07) is 16.7. The quantitative estimate of drug-likeness (QED) is 0.493. The van der Waals surface area contributed by atoms with E-state index in [1.807, 2.05) is 49.4 Å². The molecule has 29 heavy (non-hydrogen) atoms. The summed E-state index contributed by atoms with van der Waals surface area (Å²) in [7, 11) is 0. The van der Waals surface area contributed by atoms with Gasteiger partial charge in [-0.05, 0) is 36.2 Å². The maximum atomic E-state index is 12.9. The van der Waals surface area contributed by atoms with Crippen LogP contribution in [0.25, 0.3) is 0 Å². The molecule has 0 saturated carbocycles. The topological polar surface area (TPSA) is 72.0 Å². The number of nitrogens with zero attached hydrogens (tertiary/aromatic N) is 2. The second-order valence-corrected chi connectivity index (χ2v) is 7.17. The lowest BCUT2D eigenvalue weighted by Gasteiger charge is -2.12. The zero-order valence-electron chi connectivity index (χ0n) is 16.2. The van der Waals surface area contributed by atoms with Crippen molar-refractivity contribution >= 4 is 34.7 Å². The molecule has 1 N–H and O–H groups in total. The van der Waals surface area contributed by atoms with Gasteiger partial charge < -0.3 is 5.32 Å². The summed E-state index contributed by atoms with van der Waals surface area (Å²) in [5.41, 5.74) is 1.99. The monoisotopic (exact) mass is 407 g/mol. The van der Waals surface area contributed by atoms with E-state index in [1.165, 1.54) is 6.20 Å². The first-order chi connectivity index (χ1) is 14.0. The molecule has 0 aliphatic rings. The van der Waals surface area contributed by atoms with Crippen molar-refractivity contribution in [2.75, 3.05) is 5.32 Å². The molecule has 0 unspecified atom stereocenters. The molecule has 1 heterocycles. The Bertz CT molecular complexity index is 1010. The molecule has 5 nitrogen and oxygen atoms in total. The van der Waals surface area contributed by atoms with E-state index in [2.05, 4.69) is 15.3 Å². The van der Waals surface area contributed by atoms with E-state index in [4.69, 9.17) is 11.6 Å². The normalized spacial score (nSPS) is 10.6.